The van der Waals surface area contributed by atoms with Gasteiger partial charge in [0.1, 0.15) is 5.82 Å². The molecule has 6 nitrogen and oxygen atoms in total. The van der Waals surface area contributed by atoms with E-state index >= 15 is 0 Å². The number of pyridine rings is 1. The van der Waals surface area contributed by atoms with Crippen LogP contribution in [0.15, 0.2) is 104 Å². The van der Waals surface area contributed by atoms with Gasteiger partial charge in [-0.3, -0.25) is 5.10 Å². The van der Waals surface area contributed by atoms with Crippen LogP contribution >= 0.6 is 0 Å². The molecule has 1 fully saturated rings. The summed E-state index contributed by atoms with van der Waals surface area (Å²) in [4.78, 5) is 8.15. The average molecular weight is 575 g/mol. The van der Waals surface area contributed by atoms with Crippen LogP contribution in [0.2, 0.25) is 0 Å². The molecule has 1 saturated heterocycles. The molecular formula is C36H39FN6. The van der Waals surface area contributed by atoms with E-state index in [0.29, 0.717) is 11.6 Å². The Kier molecular flexibility index (Phi) is 9.32. The number of nitrogens with one attached hydrogen (secondary N) is 4. The topological polar surface area (TPSA) is 81.4 Å². The maximum atomic E-state index is 14.1. The van der Waals surface area contributed by atoms with Gasteiger partial charge in [0.2, 0.25) is 0 Å². The van der Waals surface area contributed by atoms with Gasteiger partial charge in [0.05, 0.1) is 11.4 Å². The number of fused-ring (bicyclic) bond motifs is 1. The summed E-state index contributed by atoms with van der Waals surface area (Å²) in [7, 11) is 0. The number of aromatic amines is 2. The van der Waals surface area contributed by atoms with Crippen LogP contribution in [0.5, 0.6) is 0 Å². The van der Waals surface area contributed by atoms with Gasteiger partial charge >= 0.3 is 0 Å². The summed E-state index contributed by atoms with van der Waals surface area (Å²) in [5, 5.41) is 15.4. The minimum atomic E-state index is -0.284. The van der Waals surface area contributed by atoms with E-state index in [1.54, 1.807) is 12.1 Å². The van der Waals surface area contributed by atoms with E-state index in [2.05, 4.69) is 74.8 Å². The number of halogens is 1. The van der Waals surface area contributed by atoms with Gasteiger partial charge in [-0.2, -0.15) is 5.10 Å². The van der Waals surface area contributed by atoms with Crippen LogP contribution in [0.4, 0.5) is 4.39 Å². The number of aryl methyl sites for hydroxylation is 1. The molecule has 0 radical (unpaired) electrons. The number of hydrogen-bond donors (Lipinski definition) is 4. The maximum absolute atomic E-state index is 14.1. The van der Waals surface area contributed by atoms with E-state index in [0.717, 1.165) is 81.2 Å². The Morgan fingerprint density at radius 2 is 1.95 bits per heavy atom. The minimum Gasteiger partial charge on any atom is -0.359 e. The molecule has 5 rings (SSSR count). The Bertz CT molecular complexity index is 1740. The van der Waals surface area contributed by atoms with Crippen molar-refractivity contribution in [1.82, 2.24) is 30.8 Å². The van der Waals surface area contributed by atoms with Crippen LogP contribution in [-0.2, 0) is 0 Å². The molecule has 220 valence electrons. The van der Waals surface area contributed by atoms with Crippen LogP contribution in [0.25, 0.3) is 33.6 Å². The van der Waals surface area contributed by atoms with Crippen LogP contribution in [0.3, 0.4) is 0 Å². The number of piperidine rings is 1. The third-order valence-corrected chi connectivity index (χ3v) is 7.89. The number of allylic oxidation sites excluding steroid dienone is 7. The van der Waals surface area contributed by atoms with E-state index in [1.165, 1.54) is 25.0 Å². The summed E-state index contributed by atoms with van der Waals surface area (Å²) in [6.07, 6.45) is 14.7. The third-order valence-electron chi connectivity index (χ3n) is 7.89. The van der Waals surface area contributed by atoms with Crippen LogP contribution in [0, 0.1) is 18.7 Å². The van der Waals surface area contributed by atoms with Gasteiger partial charge in [-0.15, -0.1) is 0 Å². The van der Waals surface area contributed by atoms with Gasteiger partial charge in [0.25, 0.3) is 0 Å². The number of H-pyrrole nitrogens is 2. The molecule has 4 N–H and O–H groups in total. The second-order valence-corrected chi connectivity index (χ2v) is 10.9. The monoisotopic (exact) mass is 574 g/mol. The van der Waals surface area contributed by atoms with E-state index in [4.69, 9.17) is 0 Å². The molecule has 0 bridgehead atoms. The zero-order chi connectivity index (χ0) is 30.3. The predicted molar refractivity (Wildman–Crippen MR) is 177 cm³/mol. The number of hydrogen-bond acceptors (Lipinski definition) is 4. The molecule has 1 aliphatic rings. The molecule has 1 aromatic carbocycles. The third kappa shape index (κ3) is 6.84. The lowest BCUT2D eigenvalue weighted by atomic mass is 9.93. The normalized spacial score (nSPS) is 15.1. The molecule has 0 atom stereocenters. The molecule has 0 amide bonds. The smallest absolute Gasteiger partial charge is 0.181 e. The Hall–Kier alpha value is -4.75. The van der Waals surface area contributed by atoms with Crippen molar-refractivity contribution in [2.75, 3.05) is 13.1 Å². The average Bonchev–Trinajstić information content (AvgIpc) is 3.61. The van der Waals surface area contributed by atoms with Gasteiger partial charge in [-0.1, -0.05) is 50.1 Å². The van der Waals surface area contributed by atoms with Crippen molar-refractivity contribution in [3.63, 3.8) is 0 Å². The van der Waals surface area contributed by atoms with Crippen LogP contribution in [0.1, 0.15) is 48.6 Å². The van der Waals surface area contributed by atoms with E-state index in [-0.39, 0.29) is 5.82 Å². The quantitative estimate of drug-likeness (QED) is 0.137. The van der Waals surface area contributed by atoms with Crippen molar-refractivity contribution in [1.29, 1.82) is 0 Å². The fraction of sp³-hybridized carbons (Fsp3) is 0.222. The highest BCUT2D eigenvalue weighted by atomic mass is 19.1. The molecule has 0 spiro atoms. The Balaban J connectivity index is 1.44. The van der Waals surface area contributed by atoms with Crippen molar-refractivity contribution in [2.24, 2.45) is 5.92 Å². The lowest BCUT2D eigenvalue weighted by molar-refractivity contribution is 0.368. The Morgan fingerprint density at radius 1 is 1.14 bits per heavy atom. The van der Waals surface area contributed by atoms with E-state index < -0.39 is 0 Å². The molecule has 1 aliphatic heterocycles. The first-order valence-electron chi connectivity index (χ1n) is 14.7. The highest BCUT2D eigenvalue weighted by Crippen LogP contribution is 2.33. The van der Waals surface area contributed by atoms with Crippen LogP contribution < -0.4 is 10.6 Å². The van der Waals surface area contributed by atoms with Gasteiger partial charge in [-0.05, 0) is 105 Å². The number of nitrogens with zero attached hydrogens (tertiary/aromatic N) is 2. The first-order chi connectivity index (χ1) is 20.9. The van der Waals surface area contributed by atoms with Gasteiger partial charge < -0.3 is 15.6 Å². The van der Waals surface area contributed by atoms with Crippen LogP contribution in [-0.4, -0.2) is 33.3 Å². The highest BCUT2D eigenvalue weighted by molar-refractivity contribution is 5.94. The summed E-state index contributed by atoms with van der Waals surface area (Å²) >= 11 is 0. The molecule has 43 heavy (non-hydrogen) atoms. The zero-order valence-electron chi connectivity index (χ0n) is 24.9. The molecule has 3 aromatic heterocycles. The first-order valence-corrected chi connectivity index (χ1v) is 14.7. The van der Waals surface area contributed by atoms with Gasteiger partial charge in [0.15, 0.2) is 5.65 Å². The molecule has 4 aromatic rings. The Labute approximate surface area is 252 Å². The number of benzene rings is 1. The largest absolute Gasteiger partial charge is 0.359 e. The summed E-state index contributed by atoms with van der Waals surface area (Å²) in [5.41, 5.74) is 9.72. The SMILES string of the molecule is C=C/C=C(/c1cccc(F)c1)c1cc(-c2[nH]nc3ncc(C(/C=C(\C=C)NC(=C)CC4CCNCC4)=C/C)cc23)[nH]c1C. The number of rotatable bonds is 11. The second-order valence-electron chi connectivity index (χ2n) is 10.9. The van der Waals surface area contributed by atoms with E-state index in [9.17, 15) is 4.39 Å². The Morgan fingerprint density at radius 3 is 2.67 bits per heavy atom. The summed E-state index contributed by atoms with van der Waals surface area (Å²) in [5.74, 6) is 0.364. The van der Waals surface area contributed by atoms with E-state index in [1.807, 2.05) is 38.3 Å². The lowest BCUT2D eigenvalue weighted by Crippen LogP contribution is -2.28. The number of aromatic nitrogens is 4. The molecule has 0 saturated carbocycles. The molecule has 4 heterocycles. The first kappa shape index (κ1) is 29.7. The summed E-state index contributed by atoms with van der Waals surface area (Å²) in [6, 6.07) is 10.7. The fourth-order valence-electron chi connectivity index (χ4n) is 5.69. The van der Waals surface area contributed by atoms with Crippen molar-refractivity contribution in [3.05, 3.63) is 132 Å². The fourth-order valence-corrected chi connectivity index (χ4v) is 5.69. The summed E-state index contributed by atoms with van der Waals surface area (Å²) in [6.45, 7) is 18.3. The molecular weight excluding hydrogens is 535 g/mol. The van der Waals surface area contributed by atoms with Crippen molar-refractivity contribution in [2.45, 2.75) is 33.1 Å². The zero-order valence-corrected chi connectivity index (χ0v) is 24.9. The van der Waals surface area contributed by atoms with Gasteiger partial charge in [-0.25, -0.2) is 9.37 Å². The van der Waals surface area contributed by atoms with Crippen molar-refractivity contribution < 1.29 is 4.39 Å². The predicted octanol–water partition coefficient (Wildman–Crippen LogP) is 7.98. The van der Waals surface area contributed by atoms with Crippen molar-refractivity contribution in [3.8, 4) is 11.4 Å². The second kappa shape index (κ2) is 13.5. The van der Waals surface area contributed by atoms with Gasteiger partial charge in [0, 0.05) is 39.8 Å². The molecule has 0 unspecified atom stereocenters. The summed E-state index contributed by atoms with van der Waals surface area (Å²) < 4.78 is 14.1. The lowest BCUT2D eigenvalue weighted by Gasteiger charge is -2.24. The molecule has 0 aliphatic carbocycles. The highest BCUT2D eigenvalue weighted by Gasteiger charge is 2.18. The molecule has 7 heteroatoms. The standard InChI is InChI=1S/C36H39FN6/c1-6-10-31(27-11-9-12-29(37)18-27)32-21-34(41-24(32)5)35-33-20-28(22-39-36(33)43-42-35)26(7-2)19-30(8-3)40-23(4)17-25-13-15-38-16-14-25/h6-12,18-22,25,38,40-41H,1,3-4,13-17H2,2,5H3,(H,39,42,43)/b26-7+,30-19+,31-10-. The maximum Gasteiger partial charge on any atom is 0.181 e. The minimum absolute atomic E-state index is 0.284. The van der Waals surface area contributed by atoms with Crippen molar-refractivity contribution >= 4 is 22.2 Å².